The van der Waals surface area contributed by atoms with Crippen molar-refractivity contribution in [3.8, 4) is 0 Å². The first-order valence-electron chi connectivity index (χ1n) is 6.33. The van der Waals surface area contributed by atoms with Crippen LogP contribution in [-0.2, 0) is 9.53 Å². The maximum Gasteiger partial charge on any atom is 0.338 e. The number of carbonyl (C=O) groups excluding carboxylic acids is 1. The smallest absolute Gasteiger partial charge is 0.338 e. The van der Waals surface area contributed by atoms with Crippen LogP contribution in [0.3, 0.4) is 0 Å². The van der Waals surface area contributed by atoms with Gasteiger partial charge in [0.25, 0.3) is 0 Å². The van der Waals surface area contributed by atoms with Gasteiger partial charge in [0, 0.05) is 10.7 Å². The van der Waals surface area contributed by atoms with Gasteiger partial charge in [-0.1, -0.05) is 23.7 Å². The number of carbonyl (C=O) groups is 1. The van der Waals surface area contributed by atoms with Crippen LogP contribution in [0.2, 0.25) is 5.02 Å². The summed E-state index contributed by atoms with van der Waals surface area (Å²) in [6.07, 6.45) is 1.44. The molecule has 0 saturated carbocycles. The van der Waals surface area contributed by atoms with Gasteiger partial charge in [0.05, 0.1) is 12.7 Å². The number of hydrogen-bond acceptors (Lipinski definition) is 5. The van der Waals surface area contributed by atoms with Crippen molar-refractivity contribution in [1.29, 1.82) is 0 Å². The molecule has 0 bridgehead atoms. The minimum Gasteiger partial charge on any atom is -0.466 e. The topological polar surface area (TPSA) is 69.0 Å². The van der Waals surface area contributed by atoms with E-state index in [1.54, 1.807) is 16.8 Å². The van der Waals surface area contributed by atoms with Crippen LogP contribution in [0, 0.1) is 0 Å². The highest BCUT2D eigenvalue weighted by atomic mass is 35.5. The van der Waals surface area contributed by atoms with Crippen molar-refractivity contribution in [2.75, 3.05) is 12.4 Å². The Morgan fingerprint density at radius 2 is 2.10 bits per heavy atom. The first-order valence-corrected chi connectivity index (χ1v) is 6.70. The first-order chi connectivity index (χ1) is 10.1. The molecule has 0 aliphatic carbocycles. The molecule has 7 heteroatoms. The lowest BCUT2D eigenvalue weighted by Gasteiger charge is -2.27. The molecule has 1 aliphatic rings. The fourth-order valence-corrected chi connectivity index (χ4v) is 2.54. The second-order valence-corrected chi connectivity index (χ2v) is 5.07. The molecule has 0 saturated heterocycles. The van der Waals surface area contributed by atoms with Gasteiger partial charge in [0.2, 0.25) is 5.95 Å². The van der Waals surface area contributed by atoms with Gasteiger partial charge >= 0.3 is 5.97 Å². The number of aromatic nitrogens is 3. The summed E-state index contributed by atoms with van der Waals surface area (Å²) in [4.78, 5) is 16.3. The second kappa shape index (κ2) is 5.21. The van der Waals surface area contributed by atoms with Crippen LogP contribution in [0.25, 0.3) is 0 Å². The van der Waals surface area contributed by atoms with Crippen molar-refractivity contribution in [3.63, 3.8) is 0 Å². The van der Waals surface area contributed by atoms with Crippen molar-refractivity contribution in [2.45, 2.75) is 13.0 Å². The van der Waals surface area contributed by atoms with Crippen LogP contribution in [0.5, 0.6) is 0 Å². The number of nitrogens with one attached hydrogen (secondary N) is 1. The Balaban J connectivity index is 2.17. The molecule has 3 rings (SSSR count). The largest absolute Gasteiger partial charge is 0.466 e. The third-order valence-corrected chi connectivity index (χ3v) is 3.64. The molecule has 2 aromatic rings. The Bertz CT molecular complexity index is 721. The molecule has 1 N–H and O–H groups in total. The molecule has 108 valence electrons. The third kappa shape index (κ3) is 2.27. The number of hydrogen-bond donors (Lipinski definition) is 1. The van der Waals surface area contributed by atoms with E-state index in [-0.39, 0.29) is 0 Å². The summed E-state index contributed by atoms with van der Waals surface area (Å²) in [5.74, 6) is 0.182. The molecule has 1 aromatic carbocycles. The Kier molecular flexibility index (Phi) is 3.39. The minimum atomic E-state index is -0.402. The molecule has 1 unspecified atom stereocenters. The highest BCUT2D eigenvalue weighted by Gasteiger charge is 2.33. The summed E-state index contributed by atoms with van der Waals surface area (Å²) < 4.78 is 6.56. The van der Waals surface area contributed by atoms with Gasteiger partial charge < -0.3 is 10.1 Å². The van der Waals surface area contributed by atoms with E-state index in [9.17, 15) is 4.79 Å². The van der Waals surface area contributed by atoms with Crippen molar-refractivity contribution < 1.29 is 9.53 Å². The number of ether oxygens (including phenoxy) is 1. The van der Waals surface area contributed by atoms with Gasteiger partial charge in [0.1, 0.15) is 12.4 Å². The lowest BCUT2D eigenvalue weighted by molar-refractivity contribution is -0.136. The summed E-state index contributed by atoms with van der Waals surface area (Å²) in [6.45, 7) is 1.81. The van der Waals surface area contributed by atoms with Gasteiger partial charge in [-0.25, -0.2) is 9.48 Å². The van der Waals surface area contributed by atoms with E-state index in [4.69, 9.17) is 16.3 Å². The Morgan fingerprint density at radius 3 is 2.76 bits per heavy atom. The molecule has 0 spiro atoms. The number of halogens is 1. The molecule has 6 nitrogen and oxygen atoms in total. The highest BCUT2D eigenvalue weighted by molar-refractivity contribution is 6.30. The van der Waals surface area contributed by atoms with E-state index in [1.165, 1.54) is 13.4 Å². The third-order valence-electron chi connectivity index (χ3n) is 3.39. The molecule has 2 heterocycles. The molecule has 1 atom stereocenters. The van der Waals surface area contributed by atoms with Gasteiger partial charge in [0.15, 0.2) is 0 Å². The molecule has 1 aliphatic heterocycles. The monoisotopic (exact) mass is 304 g/mol. The number of benzene rings is 1. The Morgan fingerprint density at radius 1 is 1.38 bits per heavy atom. The number of anilines is 1. The summed E-state index contributed by atoms with van der Waals surface area (Å²) in [5, 5.41) is 7.90. The maximum atomic E-state index is 12.2. The van der Waals surface area contributed by atoms with Crippen molar-refractivity contribution in [1.82, 2.24) is 14.8 Å². The highest BCUT2D eigenvalue weighted by Crippen LogP contribution is 2.35. The number of allylic oxidation sites excluding steroid dienone is 1. The Hall–Kier alpha value is -2.34. The quantitative estimate of drug-likeness (QED) is 0.863. The SMILES string of the molecule is COC(=O)C1=C(C)Nc2ncnn2C1c1ccc(Cl)cc1. The fraction of sp³-hybridized carbons (Fsp3) is 0.214. The van der Waals surface area contributed by atoms with E-state index in [1.807, 2.05) is 19.1 Å². The number of esters is 1. The van der Waals surface area contributed by atoms with Crippen molar-refractivity contribution >= 4 is 23.5 Å². The predicted molar refractivity (Wildman–Crippen MR) is 78.0 cm³/mol. The summed E-state index contributed by atoms with van der Waals surface area (Å²) >= 11 is 5.93. The zero-order valence-corrected chi connectivity index (χ0v) is 12.3. The normalized spacial score (nSPS) is 17.2. The van der Waals surface area contributed by atoms with Crippen molar-refractivity contribution in [2.24, 2.45) is 0 Å². The molecular formula is C14H13ClN4O2. The number of fused-ring (bicyclic) bond motifs is 1. The lowest BCUT2D eigenvalue weighted by atomic mass is 9.96. The van der Waals surface area contributed by atoms with Gasteiger partial charge in [-0.3, -0.25) is 0 Å². The van der Waals surface area contributed by atoms with E-state index in [0.717, 1.165) is 5.56 Å². The molecule has 0 amide bonds. The summed E-state index contributed by atoms with van der Waals surface area (Å²) in [7, 11) is 1.36. The standard InChI is InChI=1S/C14H13ClN4O2/c1-8-11(13(20)21-2)12(9-3-5-10(15)6-4-9)19-14(18-8)16-7-17-19/h3-7,12H,1-2H3,(H,16,17,18). The zero-order chi connectivity index (χ0) is 15.0. The molecule has 21 heavy (non-hydrogen) atoms. The number of rotatable bonds is 2. The van der Waals surface area contributed by atoms with E-state index < -0.39 is 12.0 Å². The first kappa shape index (κ1) is 13.6. The number of methoxy groups -OCH3 is 1. The molecule has 0 radical (unpaired) electrons. The number of nitrogens with zero attached hydrogens (tertiary/aromatic N) is 3. The van der Waals surface area contributed by atoms with Crippen LogP contribution in [0.15, 0.2) is 41.9 Å². The molecular weight excluding hydrogens is 292 g/mol. The average Bonchev–Trinajstić information content (AvgIpc) is 2.94. The lowest BCUT2D eigenvalue weighted by Crippen LogP contribution is -2.29. The minimum absolute atomic E-state index is 0.395. The predicted octanol–water partition coefficient (Wildman–Crippen LogP) is 2.39. The summed E-state index contributed by atoms with van der Waals surface area (Å²) in [5.41, 5.74) is 2.08. The van der Waals surface area contributed by atoms with Gasteiger partial charge in [-0.2, -0.15) is 10.1 Å². The Labute approximate surface area is 126 Å². The van der Waals surface area contributed by atoms with E-state index >= 15 is 0 Å². The average molecular weight is 305 g/mol. The second-order valence-electron chi connectivity index (χ2n) is 4.64. The van der Waals surface area contributed by atoms with Crippen LogP contribution >= 0.6 is 11.6 Å². The summed E-state index contributed by atoms with van der Waals surface area (Å²) in [6, 6.07) is 6.88. The van der Waals surface area contributed by atoms with Crippen molar-refractivity contribution in [3.05, 3.63) is 52.4 Å². The van der Waals surface area contributed by atoms with E-state index in [0.29, 0.717) is 22.2 Å². The van der Waals surface area contributed by atoms with Gasteiger partial charge in [-0.15, -0.1) is 0 Å². The molecule has 1 aromatic heterocycles. The molecule has 0 fully saturated rings. The fourth-order valence-electron chi connectivity index (χ4n) is 2.42. The van der Waals surface area contributed by atoms with Crippen LogP contribution < -0.4 is 5.32 Å². The van der Waals surface area contributed by atoms with Crippen LogP contribution in [-0.4, -0.2) is 27.8 Å². The van der Waals surface area contributed by atoms with E-state index in [2.05, 4.69) is 15.4 Å². The van der Waals surface area contributed by atoms with Crippen LogP contribution in [0.1, 0.15) is 18.5 Å². The van der Waals surface area contributed by atoms with Crippen LogP contribution in [0.4, 0.5) is 5.95 Å². The van der Waals surface area contributed by atoms with Gasteiger partial charge in [-0.05, 0) is 24.6 Å². The zero-order valence-electron chi connectivity index (χ0n) is 11.5. The maximum absolute atomic E-state index is 12.2.